The van der Waals surface area contributed by atoms with E-state index in [0.717, 1.165) is 33.9 Å². The lowest BCUT2D eigenvalue weighted by Crippen LogP contribution is -2.00. The van der Waals surface area contributed by atoms with Crippen molar-refractivity contribution < 1.29 is 0 Å². The Morgan fingerprint density at radius 2 is 1.81 bits per heavy atom. The summed E-state index contributed by atoms with van der Waals surface area (Å²) < 4.78 is 2.12. The Kier molecular flexibility index (Phi) is 2.57. The summed E-state index contributed by atoms with van der Waals surface area (Å²) in [7, 11) is 0. The van der Waals surface area contributed by atoms with E-state index in [0.29, 0.717) is 0 Å². The Morgan fingerprint density at radius 1 is 1.00 bits per heavy atom. The van der Waals surface area contributed by atoms with Gasteiger partial charge in [0.05, 0.1) is 17.2 Å². The highest BCUT2D eigenvalue weighted by Crippen LogP contribution is 2.25. The largest absolute Gasteiger partial charge is 0.338 e. The van der Waals surface area contributed by atoms with Gasteiger partial charge < -0.3 is 5.32 Å². The normalized spacial score (nSPS) is 11.1. The number of benzene rings is 1. The van der Waals surface area contributed by atoms with Crippen molar-refractivity contribution in [2.24, 2.45) is 0 Å². The first-order chi connectivity index (χ1) is 10.3. The van der Waals surface area contributed by atoms with E-state index in [1.807, 2.05) is 43.5 Å². The summed E-state index contributed by atoms with van der Waals surface area (Å²) in [5.74, 6) is 1.74. The van der Waals surface area contributed by atoms with Gasteiger partial charge >= 0.3 is 0 Å². The van der Waals surface area contributed by atoms with Gasteiger partial charge in [-0.25, -0.2) is 9.97 Å². The fourth-order valence-corrected chi connectivity index (χ4v) is 2.50. The lowest BCUT2D eigenvalue weighted by molar-refractivity contribution is 1.07. The summed E-state index contributed by atoms with van der Waals surface area (Å²) in [6.07, 6.45) is 5.35. The molecule has 21 heavy (non-hydrogen) atoms. The van der Waals surface area contributed by atoms with Gasteiger partial charge in [0.2, 0.25) is 0 Å². The maximum absolute atomic E-state index is 4.72. The molecule has 4 rings (SSSR count). The number of hydrogen-bond donors (Lipinski definition) is 1. The van der Waals surface area contributed by atoms with Crippen LogP contribution in [0, 0.1) is 6.92 Å². The first kappa shape index (κ1) is 11.8. The number of anilines is 2. The summed E-state index contributed by atoms with van der Waals surface area (Å²) in [4.78, 5) is 13.2. The van der Waals surface area contributed by atoms with Gasteiger partial charge in [0, 0.05) is 18.1 Å². The monoisotopic (exact) mass is 275 g/mol. The second kappa shape index (κ2) is 4.56. The lowest BCUT2D eigenvalue weighted by Gasteiger charge is -2.10. The molecule has 4 aromatic rings. The SMILES string of the molecule is Cc1ncc2c(Nc3ccncc3)nc3ccccc3n12. The van der Waals surface area contributed by atoms with Crippen LogP contribution >= 0.6 is 0 Å². The van der Waals surface area contributed by atoms with Gasteiger partial charge in [-0.3, -0.25) is 9.38 Å². The van der Waals surface area contributed by atoms with Crippen molar-refractivity contribution in [1.82, 2.24) is 19.4 Å². The molecule has 102 valence electrons. The number of pyridine rings is 1. The van der Waals surface area contributed by atoms with Gasteiger partial charge in [-0.05, 0) is 31.2 Å². The molecule has 0 atom stereocenters. The Hall–Kier alpha value is -2.95. The summed E-state index contributed by atoms with van der Waals surface area (Å²) in [5, 5.41) is 3.34. The van der Waals surface area contributed by atoms with Crippen LogP contribution in [0.3, 0.4) is 0 Å². The maximum atomic E-state index is 4.72. The Labute approximate surface area is 121 Å². The van der Waals surface area contributed by atoms with Gasteiger partial charge in [0.15, 0.2) is 5.82 Å². The van der Waals surface area contributed by atoms with E-state index in [4.69, 9.17) is 4.98 Å². The fraction of sp³-hybridized carbons (Fsp3) is 0.0625. The van der Waals surface area contributed by atoms with Crippen LogP contribution in [0.15, 0.2) is 55.0 Å². The highest BCUT2D eigenvalue weighted by Gasteiger charge is 2.11. The third kappa shape index (κ3) is 1.90. The molecule has 0 fully saturated rings. The molecule has 0 aliphatic rings. The van der Waals surface area contributed by atoms with Crippen molar-refractivity contribution in [2.45, 2.75) is 6.92 Å². The average Bonchev–Trinajstić information content (AvgIpc) is 2.91. The number of nitrogens with zero attached hydrogens (tertiary/aromatic N) is 4. The minimum absolute atomic E-state index is 0.792. The maximum Gasteiger partial charge on any atom is 0.157 e. The molecule has 1 aromatic carbocycles. The smallest absolute Gasteiger partial charge is 0.157 e. The van der Waals surface area contributed by atoms with Crippen molar-refractivity contribution in [1.29, 1.82) is 0 Å². The summed E-state index contributed by atoms with van der Waals surface area (Å²) in [5.41, 5.74) is 3.90. The molecule has 3 aromatic heterocycles. The third-order valence-corrected chi connectivity index (χ3v) is 3.48. The molecule has 0 aliphatic carbocycles. The first-order valence-electron chi connectivity index (χ1n) is 6.73. The van der Waals surface area contributed by atoms with Crippen LogP contribution in [-0.2, 0) is 0 Å². The van der Waals surface area contributed by atoms with Crippen molar-refractivity contribution in [3.63, 3.8) is 0 Å². The fourth-order valence-electron chi connectivity index (χ4n) is 2.50. The molecule has 0 unspecified atom stereocenters. The molecule has 5 nitrogen and oxygen atoms in total. The Bertz CT molecular complexity index is 927. The van der Waals surface area contributed by atoms with E-state index >= 15 is 0 Å². The number of nitrogens with one attached hydrogen (secondary N) is 1. The summed E-state index contributed by atoms with van der Waals surface area (Å²) in [6.45, 7) is 2.00. The van der Waals surface area contributed by atoms with Crippen LogP contribution in [0.4, 0.5) is 11.5 Å². The van der Waals surface area contributed by atoms with Gasteiger partial charge in [-0.2, -0.15) is 0 Å². The summed E-state index contributed by atoms with van der Waals surface area (Å²) in [6, 6.07) is 11.9. The van der Waals surface area contributed by atoms with Crippen molar-refractivity contribution in [3.05, 3.63) is 60.8 Å². The van der Waals surface area contributed by atoms with Gasteiger partial charge in [-0.1, -0.05) is 12.1 Å². The van der Waals surface area contributed by atoms with Crippen molar-refractivity contribution >= 4 is 28.1 Å². The number of aryl methyl sites for hydroxylation is 1. The molecule has 0 saturated carbocycles. The van der Waals surface area contributed by atoms with Gasteiger partial charge in [0.1, 0.15) is 11.3 Å². The topological polar surface area (TPSA) is 55.1 Å². The number of aromatic nitrogens is 4. The minimum atomic E-state index is 0.792. The quantitative estimate of drug-likeness (QED) is 0.609. The molecule has 3 heterocycles. The molecule has 0 saturated heterocycles. The van der Waals surface area contributed by atoms with Crippen LogP contribution in [0.5, 0.6) is 0 Å². The third-order valence-electron chi connectivity index (χ3n) is 3.48. The van der Waals surface area contributed by atoms with Crippen molar-refractivity contribution in [2.75, 3.05) is 5.32 Å². The molecular weight excluding hydrogens is 262 g/mol. The molecule has 0 bridgehead atoms. The van der Waals surface area contributed by atoms with Crippen LogP contribution in [0.25, 0.3) is 16.6 Å². The zero-order valence-corrected chi connectivity index (χ0v) is 11.5. The number of hydrogen-bond acceptors (Lipinski definition) is 4. The zero-order valence-electron chi connectivity index (χ0n) is 11.5. The molecule has 0 amide bonds. The van der Waals surface area contributed by atoms with Crippen LogP contribution in [0.2, 0.25) is 0 Å². The number of rotatable bonds is 2. The van der Waals surface area contributed by atoms with Crippen molar-refractivity contribution in [3.8, 4) is 0 Å². The number of imidazole rings is 1. The summed E-state index contributed by atoms with van der Waals surface area (Å²) >= 11 is 0. The second-order valence-electron chi connectivity index (χ2n) is 4.84. The second-order valence-corrected chi connectivity index (χ2v) is 4.84. The lowest BCUT2D eigenvalue weighted by atomic mass is 10.3. The van der Waals surface area contributed by atoms with Crippen LogP contribution in [0.1, 0.15) is 5.82 Å². The van der Waals surface area contributed by atoms with E-state index in [9.17, 15) is 0 Å². The molecule has 0 aliphatic heterocycles. The highest BCUT2D eigenvalue weighted by atomic mass is 15.1. The Morgan fingerprint density at radius 3 is 2.67 bits per heavy atom. The molecule has 5 heteroatoms. The average molecular weight is 275 g/mol. The van der Waals surface area contributed by atoms with Crippen LogP contribution < -0.4 is 5.32 Å². The van der Waals surface area contributed by atoms with Gasteiger partial charge in [-0.15, -0.1) is 0 Å². The molecular formula is C16H13N5. The minimum Gasteiger partial charge on any atom is -0.338 e. The van der Waals surface area contributed by atoms with E-state index < -0.39 is 0 Å². The molecule has 1 N–H and O–H groups in total. The van der Waals surface area contributed by atoms with E-state index in [-0.39, 0.29) is 0 Å². The predicted molar refractivity (Wildman–Crippen MR) is 82.7 cm³/mol. The van der Waals surface area contributed by atoms with E-state index in [2.05, 4.69) is 25.8 Å². The number of para-hydroxylation sites is 2. The Balaban J connectivity index is 1.99. The molecule has 0 radical (unpaired) electrons. The number of fused-ring (bicyclic) bond motifs is 3. The van der Waals surface area contributed by atoms with E-state index in [1.54, 1.807) is 12.4 Å². The highest BCUT2D eigenvalue weighted by molar-refractivity contribution is 5.86. The standard InChI is InChI=1S/C16H13N5/c1-11-18-10-15-16(19-12-6-8-17-9-7-12)20-13-4-2-3-5-14(13)21(11)15/h2-10H,1H3,(H,17,19,20). The predicted octanol–water partition coefficient (Wildman–Crippen LogP) is 3.33. The van der Waals surface area contributed by atoms with Crippen LogP contribution in [-0.4, -0.2) is 19.4 Å². The first-order valence-corrected chi connectivity index (χ1v) is 6.73. The zero-order chi connectivity index (χ0) is 14.2. The molecule has 0 spiro atoms. The van der Waals surface area contributed by atoms with Gasteiger partial charge in [0.25, 0.3) is 0 Å². The van der Waals surface area contributed by atoms with E-state index in [1.165, 1.54) is 0 Å².